The minimum absolute atomic E-state index is 0.274. The van der Waals surface area contributed by atoms with Crippen LogP contribution in [0.3, 0.4) is 0 Å². The Hall–Kier alpha value is -2.58. The molecule has 0 saturated carbocycles. The van der Waals surface area contributed by atoms with Crippen LogP contribution in [-0.4, -0.2) is 22.8 Å². The Bertz CT molecular complexity index is 892. The van der Waals surface area contributed by atoms with Crippen LogP contribution in [0.1, 0.15) is 27.0 Å². The molecule has 1 atom stereocenters. The van der Waals surface area contributed by atoms with Gasteiger partial charge in [0.25, 0.3) is 5.91 Å². The number of nitrogens with one attached hydrogen (secondary N) is 2. The van der Waals surface area contributed by atoms with Crippen molar-refractivity contribution in [1.29, 1.82) is 0 Å². The number of halogens is 1. The Morgan fingerprint density at radius 1 is 1.23 bits per heavy atom. The lowest BCUT2D eigenvalue weighted by Crippen LogP contribution is -2.41. The minimum atomic E-state index is -0.686. The van der Waals surface area contributed by atoms with Gasteiger partial charge in [0.2, 0.25) is 5.91 Å². The van der Waals surface area contributed by atoms with Crippen molar-refractivity contribution in [2.45, 2.75) is 19.4 Å². The normalized spacial score (nSPS) is 11.8. The smallest absolute Gasteiger partial charge is 0.261 e. The largest absolute Gasteiger partial charge is 0.340 e. The van der Waals surface area contributed by atoms with Gasteiger partial charge in [0.1, 0.15) is 11.9 Å². The molecule has 134 valence electrons. The van der Waals surface area contributed by atoms with Crippen LogP contribution in [-0.2, 0) is 11.2 Å². The molecule has 8 heteroatoms. The number of carbonyl (C=O) groups is 2. The Balaban J connectivity index is 1.55. The molecule has 3 rings (SSSR count). The van der Waals surface area contributed by atoms with Crippen molar-refractivity contribution in [3.8, 4) is 0 Å². The summed E-state index contributed by atoms with van der Waals surface area (Å²) in [7, 11) is 0. The van der Waals surface area contributed by atoms with Crippen molar-refractivity contribution in [3.05, 3.63) is 69.1 Å². The summed E-state index contributed by atoms with van der Waals surface area (Å²) >= 11 is 2.66. The number of hydrogen-bond donors (Lipinski definition) is 2. The van der Waals surface area contributed by atoms with Crippen LogP contribution in [0.25, 0.3) is 0 Å². The first-order chi connectivity index (χ1) is 12.5. The third-order valence-corrected chi connectivity index (χ3v) is 5.34. The van der Waals surface area contributed by atoms with Crippen LogP contribution in [0.5, 0.6) is 0 Å². The van der Waals surface area contributed by atoms with Gasteiger partial charge in [-0.05, 0) is 36.1 Å². The summed E-state index contributed by atoms with van der Waals surface area (Å²) in [4.78, 5) is 29.9. The van der Waals surface area contributed by atoms with Crippen molar-refractivity contribution in [3.63, 3.8) is 0 Å². The van der Waals surface area contributed by atoms with Gasteiger partial charge in [0.15, 0.2) is 5.13 Å². The molecule has 0 saturated heterocycles. The second-order valence-electron chi connectivity index (χ2n) is 5.60. The zero-order valence-electron chi connectivity index (χ0n) is 13.9. The standard InChI is InChI=1S/C18H16FN3O2S2/c1-11(21-17(24)15-3-2-8-25-15)16(23)22-18-20-10-14(26-18)9-12-4-6-13(19)7-5-12/h2-8,10-11H,9H2,1H3,(H,21,24)(H,20,22,23). The maximum Gasteiger partial charge on any atom is 0.261 e. The molecule has 26 heavy (non-hydrogen) atoms. The van der Waals surface area contributed by atoms with E-state index in [1.807, 2.05) is 0 Å². The maximum atomic E-state index is 12.9. The Kier molecular flexibility index (Phi) is 5.75. The number of amides is 2. The highest BCUT2D eigenvalue weighted by Crippen LogP contribution is 2.21. The average molecular weight is 389 g/mol. The second-order valence-corrected chi connectivity index (χ2v) is 7.66. The van der Waals surface area contributed by atoms with Crippen molar-refractivity contribution >= 4 is 39.6 Å². The summed E-state index contributed by atoms with van der Waals surface area (Å²) in [6.45, 7) is 1.62. The van der Waals surface area contributed by atoms with E-state index < -0.39 is 6.04 Å². The molecule has 2 aromatic heterocycles. The van der Waals surface area contributed by atoms with Crippen LogP contribution in [0.2, 0.25) is 0 Å². The summed E-state index contributed by atoms with van der Waals surface area (Å²) in [6.07, 6.45) is 2.29. The van der Waals surface area contributed by atoms with E-state index in [0.29, 0.717) is 16.4 Å². The van der Waals surface area contributed by atoms with E-state index >= 15 is 0 Å². The molecule has 0 spiro atoms. The van der Waals surface area contributed by atoms with Crippen LogP contribution in [0, 0.1) is 5.82 Å². The number of hydrogen-bond acceptors (Lipinski definition) is 5. The SMILES string of the molecule is CC(NC(=O)c1cccs1)C(=O)Nc1ncc(Cc2ccc(F)cc2)s1. The van der Waals surface area contributed by atoms with Gasteiger partial charge in [-0.25, -0.2) is 9.37 Å². The maximum absolute atomic E-state index is 12.9. The first kappa shape index (κ1) is 18.2. The number of thiophene rings is 1. The fraction of sp³-hybridized carbons (Fsp3) is 0.167. The van der Waals surface area contributed by atoms with Gasteiger partial charge in [-0.15, -0.1) is 22.7 Å². The van der Waals surface area contributed by atoms with E-state index in [4.69, 9.17) is 0 Å². The number of nitrogens with zero attached hydrogens (tertiary/aromatic N) is 1. The molecule has 0 fully saturated rings. The van der Waals surface area contributed by atoms with Gasteiger partial charge >= 0.3 is 0 Å². The summed E-state index contributed by atoms with van der Waals surface area (Å²) < 4.78 is 12.9. The number of thiazole rings is 1. The molecule has 2 heterocycles. The summed E-state index contributed by atoms with van der Waals surface area (Å²) in [5.41, 5.74) is 0.963. The first-order valence-corrected chi connectivity index (χ1v) is 9.55. The Morgan fingerprint density at radius 3 is 2.69 bits per heavy atom. The minimum Gasteiger partial charge on any atom is -0.340 e. The van der Waals surface area contributed by atoms with Crippen molar-refractivity contribution in [2.24, 2.45) is 0 Å². The predicted molar refractivity (Wildman–Crippen MR) is 101 cm³/mol. The molecule has 1 aromatic carbocycles. The molecule has 2 N–H and O–H groups in total. The monoisotopic (exact) mass is 389 g/mol. The fourth-order valence-corrected chi connectivity index (χ4v) is 3.68. The molecular formula is C18H16FN3O2S2. The van der Waals surface area contributed by atoms with E-state index in [0.717, 1.165) is 10.4 Å². The van der Waals surface area contributed by atoms with E-state index in [1.54, 1.807) is 42.8 Å². The van der Waals surface area contributed by atoms with Gasteiger partial charge in [0.05, 0.1) is 4.88 Å². The van der Waals surface area contributed by atoms with Gasteiger partial charge in [-0.2, -0.15) is 0 Å². The summed E-state index contributed by atoms with van der Waals surface area (Å²) in [5.74, 6) is -0.888. The quantitative estimate of drug-likeness (QED) is 0.675. The van der Waals surface area contributed by atoms with Crippen LogP contribution in [0.4, 0.5) is 9.52 Å². The van der Waals surface area contributed by atoms with Crippen molar-refractivity contribution in [2.75, 3.05) is 5.32 Å². The summed E-state index contributed by atoms with van der Waals surface area (Å²) in [6, 6.07) is 9.06. The van der Waals surface area contributed by atoms with E-state index in [2.05, 4.69) is 15.6 Å². The molecule has 0 aliphatic rings. The molecule has 0 aliphatic heterocycles. The number of benzene rings is 1. The highest BCUT2D eigenvalue weighted by atomic mass is 32.1. The number of carbonyl (C=O) groups excluding carboxylic acids is 2. The lowest BCUT2D eigenvalue weighted by molar-refractivity contribution is -0.117. The fourth-order valence-electron chi connectivity index (χ4n) is 2.21. The van der Waals surface area contributed by atoms with Crippen LogP contribution < -0.4 is 10.6 Å². The van der Waals surface area contributed by atoms with Gasteiger partial charge in [-0.1, -0.05) is 18.2 Å². The van der Waals surface area contributed by atoms with Crippen molar-refractivity contribution in [1.82, 2.24) is 10.3 Å². The highest BCUT2D eigenvalue weighted by Gasteiger charge is 2.18. The third kappa shape index (κ3) is 4.74. The van der Waals surface area contributed by atoms with Gasteiger partial charge < -0.3 is 10.6 Å². The molecule has 0 aliphatic carbocycles. The second kappa shape index (κ2) is 8.20. The molecule has 1 unspecified atom stereocenters. The van der Waals surface area contributed by atoms with Crippen LogP contribution in [0.15, 0.2) is 48.0 Å². The Morgan fingerprint density at radius 2 is 2.00 bits per heavy atom. The van der Waals surface area contributed by atoms with E-state index in [-0.39, 0.29) is 17.6 Å². The van der Waals surface area contributed by atoms with E-state index in [1.165, 1.54) is 34.8 Å². The number of rotatable bonds is 6. The Labute approximate surface area is 157 Å². The molecular weight excluding hydrogens is 373 g/mol. The lowest BCUT2D eigenvalue weighted by Gasteiger charge is -2.12. The third-order valence-electron chi connectivity index (χ3n) is 3.56. The number of anilines is 1. The average Bonchev–Trinajstić information content (AvgIpc) is 3.29. The topological polar surface area (TPSA) is 71.1 Å². The molecule has 3 aromatic rings. The zero-order valence-corrected chi connectivity index (χ0v) is 15.5. The van der Waals surface area contributed by atoms with Gasteiger partial charge in [-0.3, -0.25) is 9.59 Å². The molecule has 0 radical (unpaired) electrons. The summed E-state index contributed by atoms with van der Waals surface area (Å²) in [5, 5.41) is 7.63. The predicted octanol–water partition coefficient (Wildman–Crippen LogP) is 3.69. The molecule has 0 bridgehead atoms. The zero-order chi connectivity index (χ0) is 18.5. The van der Waals surface area contributed by atoms with E-state index in [9.17, 15) is 14.0 Å². The number of aromatic nitrogens is 1. The van der Waals surface area contributed by atoms with Gasteiger partial charge in [0, 0.05) is 17.5 Å². The lowest BCUT2D eigenvalue weighted by atomic mass is 10.1. The van der Waals surface area contributed by atoms with Crippen molar-refractivity contribution < 1.29 is 14.0 Å². The highest BCUT2D eigenvalue weighted by molar-refractivity contribution is 7.15. The molecule has 5 nitrogen and oxygen atoms in total. The van der Waals surface area contributed by atoms with Crippen LogP contribution >= 0.6 is 22.7 Å². The first-order valence-electron chi connectivity index (χ1n) is 7.85. The molecule has 2 amide bonds.